The quantitative estimate of drug-likeness (QED) is 0.225. The Hall–Kier alpha value is -1.36. The SMILES string of the molecule is C=CCNC(=NCC(c1ccc(C)s1)N1CCOCC1)NCCc1ccco1.I. The Bertz CT molecular complexity index is 742. The average Bonchev–Trinajstić information content (AvgIpc) is 3.38. The topological polar surface area (TPSA) is 62.0 Å². The maximum absolute atomic E-state index is 5.54. The summed E-state index contributed by atoms with van der Waals surface area (Å²) in [4.78, 5) is 10.1. The van der Waals surface area contributed by atoms with E-state index in [2.05, 4.69) is 41.2 Å². The lowest BCUT2D eigenvalue weighted by atomic mass is 10.2. The van der Waals surface area contributed by atoms with Gasteiger partial charge in [-0.2, -0.15) is 0 Å². The van der Waals surface area contributed by atoms with Crippen LogP contribution in [-0.4, -0.2) is 56.8 Å². The van der Waals surface area contributed by atoms with Crippen LogP contribution in [0.2, 0.25) is 0 Å². The molecule has 3 rings (SSSR count). The van der Waals surface area contributed by atoms with Gasteiger partial charge in [0.1, 0.15) is 5.76 Å². The molecule has 160 valence electrons. The monoisotopic (exact) mass is 530 g/mol. The number of hydrogen-bond donors (Lipinski definition) is 2. The number of nitrogens with one attached hydrogen (secondary N) is 2. The van der Waals surface area contributed by atoms with Gasteiger partial charge in [0.05, 0.1) is 32.1 Å². The van der Waals surface area contributed by atoms with E-state index in [4.69, 9.17) is 14.1 Å². The number of morpholine rings is 1. The lowest BCUT2D eigenvalue weighted by Crippen LogP contribution is -2.42. The molecule has 0 radical (unpaired) electrons. The van der Waals surface area contributed by atoms with Gasteiger partial charge in [0.15, 0.2) is 5.96 Å². The Morgan fingerprint density at radius 1 is 1.31 bits per heavy atom. The summed E-state index contributed by atoms with van der Waals surface area (Å²) in [5.74, 6) is 1.77. The summed E-state index contributed by atoms with van der Waals surface area (Å²) in [5, 5.41) is 6.71. The number of hydrogen-bond acceptors (Lipinski definition) is 5. The van der Waals surface area contributed by atoms with Crippen molar-refractivity contribution in [2.45, 2.75) is 19.4 Å². The number of guanidine groups is 1. The number of thiophene rings is 1. The normalized spacial score (nSPS) is 16.1. The van der Waals surface area contributed by atoms with Gasteiger partial charge in [-0.1, -0.05) is 6.08 Å². The number of aryl methyl sites for hydroxylation is 1. The summed E-state index contributed by atoms with van der Waals surface area (Å²) in [6.45, 7) is 11.5. The fourth-order valence-electron chi connectivity index (χ4n) is 3.19. The van der Waals surface area contributed by atoms with E-state index in [1.165, 1.54) is 9.75 Å². The van der Waals surface area contributed by atoms with Gasteiger partial charge in [0.25, 0.3) is 0 Å². The lowest BCUT2D eigenvalue weighted by Gasteiger charge is -2.33. The van der Waals surface area contributed by atoms with Crippen LogP contribution in [-0.2, 0) is 11.2 Å². The van der Waals surface area contributed by atoms with Crippen molar-refractivity contribution < 1.29 is 9.15 Å². The Balaban J connectivity index is 0.00000300. The Labute approximate surface area is 194 Å². The predicted molar refractivity (Wildman–Crippen MR) is 131 cm³/mol. The third-order valence-electron chi connectivity index (χ3n) is 4.66. The lowest BCUT2D eigenvalue weighted by molar-refractivity contribution is 0.0186. The van der Waals surface area contributed by atoms with Gasteiger partial charge in [-0.05, 0) is 31.2 Å². The van der Waals surface area contributed by atoms with Crippen LogP contribution in [0.15, 0.2) is 52.6 Å². The Kier molecular flexibility index (Phi) is 10.8. The molecule has 1 atom stereocenters. The van der Waals surface area contributed by atoms with Crippen LogP contribution in [0.3, 0.4) is 0 Å². The van der Waals surface area contributed by atoms with Crippen LogP contribution in [0.4, 0.5) is 0 Å². The standard InChI is InChI=1S/C21H30N4O2S.HI/c1-3-9-22-21(23-10-8-18-5-4-13-27-18)24-16-19(20-7-6-17(2)28-20)25-11-14-26-15-12-25;/h3-7,13,19H,1,8-12,14-16H2,2H3,(H2,22,23,24);1H. The zero-order valence-electron chi connectivity index (χ0n) is 16.9. The molecule has 2 aromatic rings. The van der Waals surface area contributed by atoms with Crippen LogP contribution in [0.5, 0.6) is 0 Å². The molecule has 0 amide bonds. The minimum absolute atomic E-state index is 0. The first-order valence-corrected chi connectivity index (χ1v) is 10.6. The summed E-state index contributed by atoms with van der Waals surface area (Å²) in [5.41, 5.74) is 0. The molecule has 0 aromatic carbocycles. The summed E-state index contributed by atoms with van der Waals surface area (Å²) >= 11 is 1.85. The Morgan fingerprint density at radius 3 is 2.79 bits per heavy atom. The van der Waals surface area contributed by atoms with E-state index < -0.39 is 0 Å². The van der Waals surface area contributed by atoms with E-state index in [1.807, 2.05) is 29.5 Å². The van der Waals surface area contributed by atoms with Crippen LogP contribution < -0.4 is 10.6 Å². The number of nitrogens with zero attached hydrogens (tertiary/aromatic N) is 2. The van der Waals surface area contributed by atoms with Crippen molar-refractivity contribution in [2.75, 3.05) is 45.9 Å². The van der Waals surface area contributed by atoms with Crippen LogP contribution >= 0.6 is 35.3 Å². The molecule has 0 spiro atoms. The molecule has 0 saturated carbocycles. The van der Waals surface area contributed by atoms with Crippen molar-refractivity contribution in [3.63, 3.8) is 0 Å². The highest BCUT2D eigenvalue weighted by Crippen LogP contribution is 2.28. The minimum atomic E-state index is 0. The molecule has 0 bridgehead atoms. The molecule has 0 aliphatic carbocycles. The highest BCUT2D eigenvalue weighted by Gasteiger charge is 2.23. The second kappa shape index (κ2) is 13.0. The zero-order valence-corrected chi connectivity index (χ0v) is 20.1. The minimum Gasteiger partial charge on any atom is -0.469 e. The largest absolute Gasteiger partial charge is 0.469 e. The first-order chi connectivity index (χ1) is 13.8. The fraction of sp³-hybridized carbons (Fsp3) is 0.476. The summed E-state index contributed by atoms with van der Waals surface area (Å²) in [6.07, 6.45) is 4.36. The van der Waals surface area contributed by atoms with E-state index >= 15 is 0 Å². The summed E-state index contributed by atoms with van der Waals surface area (Å²) < 4.78 is 10.9. The highest BCUT2D eigenvalue weighted by molar-refractivity contribution is 14.0. The Morgan fingerprint density at radius 2 is 2.14 bits per heavy atom. The summed E-state index contributed by atoms with van der Waals surface area (Å²) in [6, 6.07) is 8.60. The van der Waals surface area contributed by atoms with Crippen molar-refractivity contribution in [2.24, 2.45) is 4.99 Å². The maximum Gasteiger partial charge on any atom is 0.191 e. The molecule has 1 aliphatic rings. The number of aliphatic imine (C=N–C) groups is 1. The molecule has 1 aliphatic heterocycles. The number of halogens is 1. The molecular weight excluding hydrogens is 499 g/mol. The molecule has 2 N–H and O–H groups in total. The van der Waals surface area contributed by atoms with Gasteiger partial charge in [-0.15, -0.1) is 41.9 Å². The predicted octanol–water partition coefficient (Wildman–Crippen LogP) is 3.60. The zero-order chi connectivity index (χ0) is 19.6. The van der Waals surface area contributed by atoms with Gasteiger partial charge in [0.2, 0.25) is 0 Å². The van der Waals surface area contributed by atoms with Crippen molar-refractivity contribution in [3.8, 4) is 0 Å². The second-order valence-electron chi connectivity index (χ2n) is 6.73. The number of furan rings is 1. The van der Waals surface area contributed by atoms with Gasteiger partial charge < -0.3 is 19.8 Å². The highest BCUT2D eigenvalue weighted by atomic mass is 127. The summed E-state index contributed by atoms with van der Waals surface area (Å²) in [7, 11) is 0. The first-order valence-electron chi connectivity index (χ1n) is 9.80. The molecule has 2 aromatic heterocycles. The molecule has 6 nitrogen and oxygen atoms in total. The van der Waals surface area contributed by atoms with E-state index in [9.17, 15) is 0 Å². The third kappa shape index (κ3) is 7.76. The number of rotatable bonds is 9. The smallest absolute Gasteiger partial charge is 0.191 e. The van der Waals surface area contributed by atoms with Crippen molar-refractivity contribution >= 4 is 41.3 Å². The molecule has 1 unspecified atom stereocenters. The number of ether oxygens (including phenoxy) is 1. The molecular formula is C21H31IN4O2S. The first kappa shape index (κ1) is 23.9. The van der Waals surface area contributed by atoms with Crippen LogP contribution in [0.1, 0.15) is 21.6 Å². The van der Waals surface area contributed by atoms with Gasteiger partial charge in [-0.25, -0.2) is 0 Å². The van der Waals surface area contributed by atoms with E-state index in [0.717, 1.165) is 51.0 Å². The molecule has 3 heterocycles. The molecule has 8 heteroatoms. The van der Waals surface area contributed by atoms with Gasteiger partial charge in [0, 0.05) is 42.4 Å². The third-order valence-corrected chi connectivity index (χ3v) is 5.76. The van der Waals surface area contributed by atoms with Crippen molar-refractivity contribution in [1.29, 1.82) is 0 Å². The van der Waals surface area contributed by atoms with Crippen LogP contribution in [0, 0.1) is 6.92 Å². The van der Waals surface area contributed by atoms with Gasteiger partial charge >= 0.3 is 0 Å². The fourth-order valence-corrected chi connectivity index (χ4v) is 4.19. The van der Waals surface area contributed by atoms with Crippen molar-refractivity contribution in [1.82, 2.24) is 15.5 Å². The molecule has 29 heavy (non-hydrogen) atoms. The van der Waals surface area contributed by atoms with E-state index in [1.54, 1.807) is 6.26 Å². The molecule has 1 fully saturated rings. The molecule has 1 saturated heterocycles. The van der Waals surface area contributed by atoms with Gasteiger partial charge in [-0.3, -0.25) is 9.89 Å². The second-order valence-corrected chi connectivity index (χ2v) is 8.05. The average molecular weight is 530 g/mol. The van der Waals surface area contributed by atoms with E-state index in [0.29, 0.717) is 13.1 Å². The maximum atomic E-state index is 5.54. The van der Waals surface area contributed by atoms with E-state index in [-0.39, 0.29) is 30.0 Å². The van der Waals surface area contributed by atoms with Crippen molar-refractivity contribution in [3.05, 3.63) is 58.7 Å². The van der Waals surface area contributed by atoms with Crippen LogP contribution in [0.25, 0.3) is 0 Å².